The third kappa shape index (κ3) is 3.51. The van der Waals surface area contributed by atoms with Crippen LogP contribution in [-0.4, -0.2) is 28.9 Å². The minimum absolute atomic E-state index is 0.00784. The first kappa shape index (κ1) is 16.3. The number of benzene rings is 2. The zero-order valence-corrected chi connectivity index (χ0v) is 15.1. The van der Waals surface area contributed by atoms with E-state index in [0.29, 0.717) is 11.1 Å². The van der Waals surface area contributed by atoms with Crippen molar-refractivity contribution in [3.63, 3.8) is 0 Å². The van der Waals surface area contributed by atoms with Crippen molar-refractivity contribution in [1.82, 2.24) is 4.90 Å². The van der Waals surface area contributed by atoms with Crippen LogP contribution >= 0.6 is 27.7 Å². The van der Waals surface area contributed by atoms with Crippen LogP contribution in [0.25, 0.3) is 0 Å². The number of carbonyl (C=O) groups excluding carboxylic acids is 2. The fourth-order valence-electron chi connectivity index (χ4n) is 2.59. The summed E-state index contributed by atoms with van der Waals surface area (Å²) in [4.78, 5) is 26.0. The second kappa shape index (κ2) is 6.89. The van der Waals surface area contributed by atoms with E-state index in [1.165, 1.54) is 6.92 Å². The molecule has 0 spiro atoms. The van der Waals surface area contributed by atoms with Gasteiger partial charge in [0.15, 0.2) is 5.78 Å². The van der Waals surface area contributed by atoms with E-state index < -0.39 is 0 Å². The molecule has 1 fully saturated rings. The second-order valence-corrected chi connectivity index (χ2v) is 7.51. The Bertz CT molecular complexity index is 728. The average molecular weight is 390 g/mol. The smallest absolute Gasteiger partial charge is 0.255 e. The number of Topliss-reactive ketones (excluding diaryl/α,β-unsaturated/α-hetero) is 1. The SMILES string of the molecule is CC(=O)c1ccc(C(=O)N2CCSC2c2ccc(Br)cc2)cc1. The number of ketones is 1. The molecule has 1 atom stereocenters. The summed E-state index contributed by atoms with van der Waals surface area (Å²) in [6.45, 7) is 2.26. The maximum absolute atomic E-state index is 12.8. The number of amides is 1. The Balaban J connectivity index is 1.82. The van der Waals surface area contributed by atoms with Gasteiger partial charge in [0.25, 0.3) is 5.91 Å². The minimum Gasteiger partial charge on any atom is -0.322 e. The summed E-state index contributed by atoms with van der Waals surface area (Å²) < 4.78 is 1.03. The molecule has 1 amide bonds. The van der Waals surface area contributed by atoms with Crippen LogP contribution < -0.4 is 0 Å². The summed E-state index contributed by atoms with van der Waals surface area (Å²) in [5, 5.41) is 0.0445. The topological polar surface area (TPSA) is 37.4 Å². The van der Waals surface area contributed by atoms with Gasteiger partial charge in [0.2, 0.25) is 0 Å². The van der Waals surface area contributed by atoms with Gasteiger partial charge in [-0.25, -0.2) is 0 Å². The molecule has 3 rings (SSSR count). The molecule has 1 heterocycles. The molecule has 2 aromatic carbocycles. The van der Waals surface area contributed by atoms with Gasteiger partial charge in [0, 0.05) is 27.9 Å². The Morgan fingerprint density at radius 1 is 1.04 bits per heavy atom. The molecule has 1 unspecified atom stereocenters. The highest BCUT2D eigenvalue weighted by Crippen LogP contribution is 2.39. The van der Waals surface area contributed by atoms with Crippen molar-refractivity contribution in [2.24, 2.45) is 0 Å². The molecule has 1 saturated heterocycles. The molecule has 118 valence electrons. The van der Waals surface area contributed by atoms with E-state index in [0.717, 1.165) is 22.3 Å². The zero-order chi connectivity index (χ0) is 16.4. The Hall–Kier alpha value is -1.59. The molecule has 3 nitrogen and oxygen atoms in total. The maximum Gasteiger partial charge on any atom is 0.255 e. The van der Waals surface area contributed by atoms with Gasteiger partial charge < -0.3 is 4.90 Å². The van der Waals surface area contributed by atoms with Crippen LogP contribution in [0.5, 0.6) is 0 Å². The van der Waals surface area contributed by atoms with Gasteiger partial charge in [-0.15, -0.1) is 11.8 Å². The van der Waals surface area contributed by atoms with Gasteiger partial charge in [-0.05, 0) is 36.8 Å². The molecule has 0 radical (unpaired) electrons. The molecule has 0 aliphatic carbocycles. The zero-order valence-electron chi connectivity index (χ0n) is 12.7. The van der Waals surface area contributed by atoms with Gasteiger partial charge in [0.1, 0.15) is 5.37 Å². The Labute approximate surface area is 148 Å². The first-order chi connectivity index (χ1) is 11.1. The van der Waals surface area contributed by atoms with E-state index in [1.54, 1.807) is 36.0 Å². The summed E-state index contributed by atoms with van der Waals surface area (Å²) >= 11 is 5.21. The summed E-state index contributed by atoms with van der Waals surface area (Å²) in [6.07, 6.45) is 0. The molecule has 1 aliphatic heterocycles. The Kier molecular flexibility index (Phi) is 4.87. The molecule has 23 heavy (non-hydrogen) atoms. The number of hydrogen-bond donors (Lipinski definition) is 0. The predicted octanol–water partition coefficient (Wildman–Crippen LogP) is 4.54. The molecule has 0 N–H and O–H groups in total. The van der Waals surface area contributed by atoms with Crippen LogP contribution in [0.2, 0.25) is 0 Å². The largest absolute Gasteiger partial charge is 0.322 e. The third-order valence-corrected chi connectivity index (χ3v) is 5.63. The van der Waals surface area contributed by atoms with Crippen LogP contribution in [-0.2, 0) is 0 Å². The highest BCUT2D eigenvalue weighted by atomic mass is 79.9. The van der Waals surface area contributed by atoms with Crippen LogP contribution in [0, 0.1) is 0 Å². The lowest BCUT2D eigenvalue weighted by Crippen LogP contribution is -2.30. The highest BCUT2D eigenvalue weighted by Gasteiger charge is 2.31. The highest BCUT2D eigenvalue weighted by molar-refractivity contribution is 9.10. The van der Waals surface area contributed by atoms with Crippen LogP contribution in [0.3, 0.4) is 0 Å². The molecule has 5 heteroatoms. The lowest BCUT2D eigenvalue weighted by molar-refractivity contribution is 0.0760. The molecular weight excluding hydrogens is 374 g/mol. The normalized spacial score (nSPS) is 17.3. The number of hydrogen-bond acceptors (Lipinski definition) is 3. The number of carbonyl (C=O) groups is 2. The van der Waals surface area contributed by atoms with Crippen molar-refractivity contribution in [2.75, 3.05) is 12.3 Å². The molecule has 2 aromatic rings. The van der Waals surface area contributed by atoms with E-state index in [4.69, 9.17) is 0 Å². The standard InChI is InChI=1S/C18H16BrNO2S/c1-12(21)13-2-4-14(5-3-13)17(22)20-10-11-23-18(20)15-6-8-16(19)9-7-15/h2-9,18H,10-11H2,1H3. The first-order valence-corrected chi connectivity index (χ1v) is 9.19. The van der Waals surface area contributed by atoms with E-state index in [2.05, 4.69) is 15.9 Å². The van der Waals surface area contributed by atoms with Crippen LogP contribution in [0.1, 0.15) is 38.6 Å². The summed E-state index contributed by atoms with van der Waals surface area (Å²) in [6, 6.07) is 15.0. The van der Waals surface area contributed by atoms with Crippen molar-refractivity contribution in [3.05, 3.63) is 69.7 Å². The number of halogens is 1. The molecule has 0 aromatic heterocycles. The number of thioether (sulfide) groups is 1. The van der Waals surface area contributed by atoms with Gasteiger partial charge in [-0.1, -0.05) is 40.2 Å². The predicted molar refractivity (Wildman–Crippen MR) is 96.8 cm³/mol. The first-order valence-electron chi connectivity index (χ1n) is 7.35. The Morgan fingerprint density at radius 2 is 1.65 bits per heavy atom. The third-order valence-electron chi connectivity index (χ3n) is 3.85. The summed E-state index contributed by atoms with van der Waals surface area (Å²) in [5.41, 5.74) is 2.38. The van der Waals surface area contributed by atoms with E-state index in [9.17, 15) is 9.59 Å². The van der Waals surface area contributed by atoms with Crippen molar-refractivity contribution in [1.29, 1.82) is 0 Å². The number of nitrogens with zero attached hydrogens (tertiary/aromatic N) is 1. The van der Waals surface area contributed by atoms with Crippen molar-refractivity contribution in [3.8, 4) is 0 Å². The second-order valence-electron chi connectivity index (χ2n) is 5.41. The fraction of sp³-hybridized carbons (Fsp3) is 0.222. The summed E-state index contributed by atoms with van der Waals surface area (Å²) in [5.74, 6) is 0.948. The van der Waals surface area contributed by atoms with E-state index >= 15 is 0 Å². The van der Waals surface area contributed by atoms with Gasteiger partial charge in [0.05, 0.1) is 0 Å². The van der Waals surface area contributed by atoms with Crippen molar-refractivity contribution >= 4 is 39.4 Å². The minimum atomic E-state index is 0.00784. The monoisotopic (exact) mass is 389 g/mol. The lowest BCUT2D eigenvalue weighted by Gasteiger charge is -2.24. The molecule has 0 bridgehead atoms. The fourth-order valence-corrected chi connectivity index (χ4v) is 4.12. The average Bonchev–Trinajstić information content (AvgIpc) is 3.04. The van der Waals surface area contributed by atoms with Crippen LogP contribution in [0.4, 0.5) is 0 Å². The Morgan fingerprint density at radius 3 is 2.26 bits per heavy atom. The van der Waals surface area contributed by atoms with E-state index in [1.807, 2.05) is 29.2 Å². The summed E-state index contributed by atoms with van der Waals surface area (Å²) in [7, 11) is 0. The van der Waals surface area contributed by atoms with Crippen molar-refractivity contribution < 1.29 is 9.59 Å². The van der Waals surface area contributed by atoms with Gasteiger partial charge in [-0.2, -0.15) is 0 Å². The van der Waals surface area contributed by atoms with Crippen LogP contribution in [0.15, 0.2) is 53.0 Å². The number of rotatable bonds is 3. The van der Waals surface area contributed by atoms with Gasteiger partial charge >= 0.3 is 0 Å². The maximum atomic E-state index is 12.8. The molecule has 0 saturated carbocycles. The van der Waals surface area contributed by atoms with Crippen molar-refractivity contribution in [2.45, 2.75) is 12.3 Å². The lowest BCUT2D eigenvalue weighted by atomic mass is 10.1. The molecule has 1 aliphatic rings. The quantitative estimate of drug-likeness (QED) is 0.723. The van der Waals surface area contributed by atoms with E-state index in [-0.39, 0.29) is 17.1 Å². The molecular formula is C18H16BrNO2S. The van der Waals surface area contributed by atoms with Gasteiger partial charge in [-0.3, -0.25) is 9.59 Å².